The van der Waals surface area contributed by atoms with Crippen LogP contribution in [0.2, 0.25) is 0 Å². The molecule has 2 unspecified atom stereocenters. The van der Waals surface area contributed by atoms with Crippen molar-refractivity contribution in [2.24, 2.45) is 5.73 Å². The molecule has 0 bridgehead atoms. The highest BCUT2D eigenvalue weighted by Gasteiger charge is 2.26. The molecule has 0 aliphatic rings. The van der Waals surface area contributed by atoms with Crippen LogP contribution in [-0.4, -0.2) is 49.3 Å². The third kappa shape index (κ3) is 55.8. The lowest BCUT2D eigenvalue weighted by atomic mass is 10.0. The molecule has 0 saturated heterocycles. The maximum atomic E-state index is 12.7. The Morgan fingerprint density at radius 1 is 0.414 bits per heavy atom. The van der Waals surface area contributed by atoms with E-state index in [-0.39, 0.29) is 38.6 Å². The van der Waals surface area contributed by atoms with Crippen LogP contribution < -0.4 is 5.73 Å². The van der Waals surface area contributed by atoms with Crippen molar-refractivity contribution in [3.63, 3.8) is 0 Å². The summed E-state index contributed by atoms with van der Waals surface area (Å²) in [6, 6.07) is 0. The van der Waals surface area contributed by atoms with Crippen molar-refractivity contribution in [1.29, 1.82) is 0 Å². The van der Waals surface area contributed by atoms with E-state index in [2.05, 4.69) is 38.2 Å². The minimum atomic E-state index is -4.38. The van der Waals surface area contributed by atoms with Crippen LogP contribution in [0.1, 0.15) is 316 Å². The van der Waals surface area contributed by atoms with Crippen LogP contribution in [0, 0.1) is 0 Å². The van der Waals surface area contributed by atoms with Crippen molar-refractivity contribution in [2.75, 3.05) is 26.4 Å². The van der Waals surface area contributed by atoms with E-state index in [1.165, 1.54) is 250 Å². The molecule has 2 atom stereocenters. The fraction of sp³-hybridized carbons (Fsp3) is 0.900. The lowest BCUT2D eigenvalue weighted by Gasteiger charge is -2.19. The summed E-state index contributed by atoms with van der Waals surface area (Å²) in [7, 11) is -4.38. The summed E-state index contributed by atoms with van der Waals surface area (Å²) in [5.74, 6) is -0.816. The molecule has 10 heteroatoms. The third-order valence-electron chi connectivity index (χ3n) is 13.6. The second-order valence-corrected chi connectivity index (χ2v) is 22.0. The highest BCUT2D eigenvalue weighted by atomic mass is 31.2. The molecule has 0 saturated carbocycles. The Morgan fingerprint density at radius 3 is 1.01 bits per heavy atom. The van der Waals surface area contributed by atoms with E-state index in [1.807, 2.05) is 0 Å². The number of allylic oxidation sites excluding steroid dienone is 4. The van der Waals surface area contributed by atoms with E-state index in [0.717, 1.165) is 32.1 Å². The standard InChI is InChI=1S/C60H116NO8P/c1-3-5-7-9-11-13-15-17-19-21-23-24-25-26-27-28-29-30-31-32-33-34-35-37-39-41-43-45-47-49-51-53-60(63)69-58(57-68-70(64,65)67-55-54-61)56-66-59(62)52-50-48-46-44-42-40-38-36-22-20-18-16-14-12-10-8-6-4-2/h20-23,58H,3-19,24-57,61H2,1-2H3,(H,64,65)/b22-20-,23-21-. The molecule has 0 fully saturated rings. The molecule has 0 aromatic rings. The van der Waals surface area contributed by atoms with E-state index in [1.54, 1.807) is 0 Å². The van der Waals surface area contributed by atoms with Gasteiger partial charge >= 0.3 is 19.8 Å². The van der Waals surface area contributed by atoms with Crippen LogP contribution in [0.15, 0.2) is 24.3 Å². The minimum Gasteiger partial charge on any atom is -0.462 e. The van der Waals surface area contributed by atoms with Gasteiger partial charge in [-0.25, -0.2) is 4.57 Å². The zero-order valence-corrected chi connectivity index (χ0v) is 47.2. The average Bonchev–Trinajstić information content (AvgIpc) is 3.35. The first-order valence-electron chi connectivity index (χ1n) is 30.3. The monoisotopic (exact) mass is 1010 g/mol. The Labute approximate surface area is 433 Å². The summed E-state index contributed by atoms with van der Waals surface area (Å²) in [4.78, 5) is 35.2. The normalized spacial score (nSPS) is 13.1. The molecule has 0 aliphatic carbocycles. The number of rotatable bonds is 58. The van der Waals surface area contributed by atoms with Gasteiger partial charge in [0.1, 0.15) is 6.61 Å². The second kappa shape index (κ2) is 56.8. The van der Waals surface area contributed by atoms with Crippen LogP contribution in [0.4, 0.5) is 0 Å². The largest absolute Gasteiger partial charge is 0.472 e. The highest BCUT2D eigenvalue weighted by molar-refractivity contribution is 7.47. The van der Waals surface area contributed by atoms with Crippen molar-refractivity contribution < 1.29 is 37.6 Å². The van der Waals surface area contributed by atoms with E-state index in [4.69, 9.17) is 24.3 Å². The van der Waals surface area contributed by atoms with Gasteiger partial charge in [-0.15, -0.1) is 0 Å². The first-order valence-corrected chi connectivity index (χ1v) is 31.8. The molecular weight excluding hydrogens is 894 g/mol. The number of phosphoric acid groups is 1. The number of phosphoric ester groups is 1. The van der Waals surface area contributed by atoms with Gasteiger partial charge in [-0.3, -0.25) is 18.6 Å². The van der Waals surface area contributed by atoms with Crippen molar-refractivity contribution in [2.45, 2.75) is 322 Å². The summed E-state index contributed by atoms with van der Waals surface area (Å²) in [5, 5.41) is 0. The van der Waals surface area contributed by atoms with Crippen molar-refractivity contribution >= 4 is 19.8 Å². The van der Waals surface area contributed by atoms with Gasteiger partial charge in [-0.05, 0) is 64.2 Å². The van der Waals surface area contributed by atoms with Crippen LogP contribution in [0.5, 0.6) is 0 Å². The number of nitrogens with two attached hydrogens (primary N) is 1. The van der Waals surface area contributed by atoms with Gasteiger partial charge in [-0.1, -0.05) is 263 Å². The number of ether oxygens (including phenoxy) is 2. The molecule has 0 aromatic heterocycles. The molecule has 9 nitrogen and oxygen atoms in total. The molecule has 0 aromatic carbocycles. The quantitative estimate of drug-likeness (QED) is 0.0264. The number of hydrogen-bond donors (Lipinski definition) is 2. The molecule has 0 radical (unpaired) electrons. The lowest BCUT2D eigenvalue weighted by Crippen LogP contribution is -2.29. The maximum Gasteiger partial charge on any atom is 0.472 e. The van der Waals surface area contributed by atoms with Crippen LogP contribution >= 0.6 is 7.82 Å². The van der Waals surface area contributed by atoms with Gasteiger partial charge < -0.3 is 20.1 Å². The Balaban J connectivity index is 3.87. The number of esters is 2. The molecule has 0 heterocycles. The SMILES string of the molecule is CCCCCCCCC/C=C\CCCCCCCCCC(=O)OCC(COP(=O)(O)OCCN)OC(=O)CCCCCCCCCCCCCCCCCCCCC/C=C\CCCCCCCCCC. The Kier molecular flexibility index (Phi) is 55.6. The summed E-state index contributed by atoms with van der Waals surface area (Å²) >= 11 is 0. The smallest absolute Gasteiger partial charge is 0.462 e. The van der Waals surface area contributed by atoms with Gasteiger partial charge in [-0.2, -0.15) is 0 Å². The predicted octanol–water partition coefficient (Wildman–Crippen LogP) is 19.0. The van der Waals surface area contributed by atoms with Gasteiger partial charge in [0.15, 0.2) is 6.10 Å². The summed E-state index contributed by atoms with van der Waals surface area (Å²) in [5.41, 5.74) is 5.38. The number of unbranched alkanes of at least 4 members (excludes halogenated alkanes) is 41. The minimum absolute atomic E-state index is 0.0552. The first-order chi connectivity index (χ1) is 34.3. The second-order valence-electron chi connectivity index (χ2n) is 20.6. The summed E-state index contributed by atoms with van der Waals surface area (Å²) < 4.78 is 33.0. The predicted molar refractivity (Wildman–Crippen MR) is 298 cm³/mol. The molecule has 0 amide bonds. The Bertz CT molecular complexity index is 1200. The van der Waals surface area contributed by atoms with E-state index in [0.29, 0.717) is 6.42 Å². The zero-order chi connectivity index (χ0) is 51.0. The van der Waals surface area contributed by atoms with Crippen LogP contribution in [0.3, 0.4) is 0 Å². The van der Waals surface area contributed by atoms with Gasteiger partial charge in [0.05, 0.1) is 13.2 Å². The van der Waals surface area contributed by atoms with E-state index in [9.17, 15) is 19.0 Å². The zero-order valence-electron chi connectivity index (χ0n) is 46.3. The fourth-order valence-corrected chi connectivity index (χ4v) is 9.81. The van der Waals surface area contributed by atoms with Crippen LogP contribution in [0.25, 0.3) is 0 Å². The molecular formula is C60H116NO8P. The summed E-state index contributed by atoms with van der Waals surface area (Å²) in [6.45, 7) is 3.79. The molecule has 0 aliphatic heterocycles. The van der Waals surface area contributed by atoms with Gasteiger partial charge in [0.2, 0.25) is 0 Å². The number of carbonyl (C=O) groups excluding carboxylic acids is 2. The number of carbonyl (C=O) groups is 2. The van der Waals surface area contributed by atoms with Gasteiger partial charge in [0.25, 0.3) is 0 Å². The van der Waals surface area contributed by atoms with Crippen molar-refractivity contribution in [3.05, 3.63) is 24.3 Å². The summed E-state index contributed by atoms with van der Waals surface area (Å²) in [6.07, 6.45) is 66.8. The fourth-order valence-electron chi connectivity index (χ4n) is 9.04. The van der Waals surface area contributed by atoms with E-state index >= 15 is 0 Å². The van der Waals surface area contributed by atoms with Gasteiger partial charge in [0, 0.05) is 19.4 Å². The molecule has 0 spiro atoms. The molecule has 3 N–H and O–H groups in total. The third-order valence-corrected chi connectivity index (χ3v) is 14.5. The van der Waals surface area contributed by atoms with E-state index < -0.39 is 26.5 Å². The Hall–Kier alpha value is -1.51. The lowest BCUT2D eigenvalue weighted by molar-refractivity contribution is -0.161. The first kappa shape index (κ1) is 68.5. The molecule has 0 rings (SSSR count). The topological polar surface area (TPSA) is 134 Å². The highest BCUT2D eigenvalue weighted by Crippen LogP contribution is 2.43. The van der Waals surface area contributed by atoms with Crippen molar-refractivity contribution in [3.8, 4) is 0 Å². The maximum absolute atomic E-state index is 12.7. The number of hydrogen-bond acceptors (Lipinski definition) is 8. The average molecular weight is 1010 g/mol. The van der Waals surface area contributed by atoms with Crippen molar-refractivity contribution in [1.82, 2.24) is 0 Å². The molecule has 414 valence electrons. The molecule has 70 heavy (non-hydrogen) atoms. The van der Waals surface area contributed by atoms with Crippen LogP contribution in [-0.2, 0) is 32.7 Å². The Morgan fingerprint density at radius 2 is 0.700 bits per heavy atom.